The van der Waals surface area contributed by atoms with Crippen molar-refractivity contribution in [1.29, 1.82) is 0 Å². The van der Waals surface area contributed by atoms with Gasteiger partial charge in [0.05, 0.1) is 0 Å². The predicted molar refractivity (Wildman–Crippen MR) is 75.4 cm³/mol. The van der Waals surface area contributed by atoms with E-state index in [-0.39, 0.29) is 0 Å². The minimum absolute atomic E-state index is 0.571. The third kappa shape index (κ3) is 3.12. The van der Waals surface area contributed by atoms with Gasteiger partial charge in [0.1, 0.15) is 18.0 Å². The lowest BCUT2D eigenvalue weighted by molar-refractivity contribution is 0.278. The van der Waals surface area contributed by atoms with Gasteiger partial charge in [-0.05, 0) is 31.6 Å². The van der Waals surface area contributed by atoms with Gasteiger partial charge in [-0.15, -0.1) is 0 Å². The third-order valence-corrected chi connectivity index (χ3v) is 4.22. The van der Waals surface area contributed by atoms with E-state index in [1.54, 1.807) is 0 Å². The second-order valence-corrected chi connectivity index (χ2v) is 5.41. The molecule has 0 amide bonds. The van der Waals surface area contributed by atoms with E-state index >= 15 is 0 Å². The zero-order chi connectivity index (χ0) is 13.0. The second-order valence-electron chi connectivity index (χ2n) is 5.41. The SMILES string of the molecule is CCC1CCC(CNc2ncnc(N)c2C)CC1. The van der Waals surface area contributed by atoms with Gasteiger partial charge in [-0.1, -0.05) is 26.2 Å². The molecule has 18 heavy (non-hydrogen) atoms. The van der Waals surface area contributed by atoms with Crippen molar-refractivity contribution in [3.63, 3.8) is 0 Å². The normalized spacial score (nSPS) is 23.9. The molecule has 1 heterocycles. The van der Waals surface area contributed by atoms with Crippen LogP contribution in [-0.2, 0) is 0 Å². The largest absolute Gasteiger partial charge is 0.383 e. The van der Waals surface area contributed by atoms with Crippen LogP contribution >= 0.6 is 0 Å². The molecule has 0 aromatic carbocycles. The number of nitrogens with one attached hydrogen (secondary N) is 1. The first kappa shape index (κ1) is 13.1. The molecule has 0 spiro atoms. The number of rotatable bonds is 4. The van der Waals surface area contributed by atoms with Crippen molar-refractivity contribution < 1.29 is 0 Å². The van der Waals surface area contributed by atoms with Crippen LogP contribution in [-0.4, -0.2) is 16.5 Å². The van der Waals surface area contributed by atoms with Crippen molar-refractivity contribution in [2.24, 2.45) is 11.8 Å². The van der Waals surface area contributed by atoms with Gasteiger partial charge in [-0.2, -0.15) is 0 Å². The highest BCUT2D eigenvalue weighted by molar-refractivity contribution is 5.53. The van der Waals surface area contributed by atoms with Crippen molar-refractivity contribution in [2.75, 3.05) is 17.6 Å². The first-order valence-electron chi connectivity index (χ1n) is 7.01. The van der Waals surface area contributed by atoms with Crippen LogP contribution in [0.4, 0.5) is 11.6 Å². The van der Waals surface area contributed by atoms with Gasteiger partial charge in [0.25, 0.3) is 0 Å². The molecule has 0 atom stereocenters. The maximum absolute atomic E-state index is 5.77. The maximum Gasteiger partial charge on any atom is 0.134 e. The van der Waals surface area contributed by atoms with E-state index in [1.807, 2.05) is 6.92 Å². The number of aromatic nitrogens is 2. The van der Waals surface area contributed by atoms with Gasteiger partial charge in [-0.3, -0.25) is 0 Å². The van der Waals surface area contributed by atoms with Gasteiger partial charge in [0.2, 0.25) is 0 Å². The fraction of sp³-hybridized carbons (Fsp3) is 0.714. The van der Waals surface area contributed by atoms with Crippen molar-refractivity contribution in [1.82, 2.24) is 9.97 Å². The number of nitrogen functional groups attached to an aromatic ring is 1. The van der Waals surface area contributed by atoms with Crippen LogP contribution in [0.1, 0.15) is 44.6 Å². The Morgan fingerprint density at radius 3 is 2.56 bits per heavy atom. The first-order chi connectivity index (χ1) is 8.70. The van der Waals surface area contributed by atoms with Gasteiger partial charge >= 0.3 is 0 Å². The maximum atomic E-state index is 5.77. The van der Waals surface area contributed by atoms with E-state index in [4.69, 9.17) is 5.73 Å². The molecule has 1 fully saturated rings. The molecule has 1 saturated carbocycles. The van der Waals surface area contributed by atoms with E-state index in [9.17, 15) is 0 Å². The van der Waals surface area contributed by atoms with Crippen molar-refractivity contribution in [3.8, 4) is 0 Å². The molecule has 4 nitrogen and oxygen atoms in total. The summed E-state index contributed by atoms with van der Waals surface area (Å²) in [4.78, 5) is 8.23. The van der Waals surface area contributed by atoms with Crippen LogP contribution < -0.4 is 11.1 Å². The zero-order valence-electron chi connectivity index (χ0n) is 11.4. The summed E-state index contributed by atoms with van der Waals surface area (Å²) in [5, 5.41) is 3.43. The van der Waals surface area contributed by atoms with Crippen LogP contribution in [0, 0.1) is 18.8 Å². The topological polar surface area (TPSA) is 63.8 Å². The molecule has 4 heteroatoms. The van der Waals surface area contributed by atoms with Crippen molar-refractivity contribution in [2.45, 2.75) is 46.0 Å². The van der Waals surface area contributed by atoms with Crippen molar-refractivity contribution >= 4 is 11.6 Å². The second kappa shape index (κ2) is 6.03. The molecule has 0 aliphatic heterocycles. The standard InChI is InChI=1S/C14H24N4/c1-3-11-4-6-12(7-5-11)8-16-14-10(2)13(15)17-9-18-14/h9,11-12H,3-8H2,1-2H3,(H3,15,16,17,18). The Morgan fingerprint density at radius 1 is 1.22 bits per heavy atom. The van der Waals surface area contributed by atoms with Gasteiger partial charge in [0, 0.05) is 12.1 Å². The summed E-state index contributed by atoms with van der Waals surface area (Å²) in [5.41, 5.74) is 6.73. The Balaban J connectivity index is 1.83. The fourth-order valence-electron chi connectivity index (χ4n) is 2.73. The van der Waals surface area contributed by atoms with Crippen molar-refractivity contribution in [3.05, 3.63) is 11.9 Å². The summed E-state index contributed by atoms with van der Waals surface area (Å²) >= 11 is 0. The predicted octanol–water partition coefficient (Wildman–Crippen LogP) is 3.00. The van der Waals surface area contributed by atoms with Gasteiger partial charge < -0.3 is 11.1 Å². The quantitative estimate of drug-likeness (QED) is 0.859. The molecular weight excluding hydrogens is 224 g/mol. The summed E-state index contributed by atoms with van der Waals surface area (Å²) < 4.78 is 0. The van der Waals surface area contributed by atoms with E-state index in [0.717, 1.165) is 29.8 Å². The Hall–Kier alpha value is -1.32. The summed E-state index contributed by atoms with van der Waals surface area (Å²) in [6.07, 6.45) is 8.30. The Labute approximate surface area is 109 Å². The molecule has 1 aromatic heterocycles. The molecule has 1 aliphatic rings. The Kier molecular flexibility index (Phi) is 4.39. The van der Waals surface area contributed by atoms with Crippen LogP contribution in [0.2, 0.25) is 0 Å². The molecule has 100 valence electrons. The highest BCUT2D eigenvalue weighted by Gasteiger charge is 2.20. The summed E-state index contributed by atoms with van der Waals surface area (Å²) in [5.74, 6) is 3.20. The lowest BCUT2D eigenvalue weighted by Crippen LogP contribution is -2.21. The number of nitrogens with zero attached hydrogens (tertiary/aromatic N) is 2. The molecule has 1 aliphatic carbocycles. The first-order valence-corrected chi connectivity index (χ1v) is 7.01. The summed E-state index contributed by atoms with van der Waals surface area (Å²) in [6.45, 7) is 5.27. The minimum Gasteiger partial charge on any atom is -0.383 e. The molecule has 0 radical (unpaired) electrons. The van der Waals surface area contributed by atoms with Crippen LogP contribution in [0.15, 0.2) is 6.33 Å². The van der Waals surface area contributed by atoms with Crippen LogP contribution in [0.3, 0.4) is 0 Å². The minimum atomic E-state index is 0.571. The number of hydrogen-bond donors (Lipinski definition) is 2. The molecular formula is C14H24N4. The molecule has 2 rings (SSSR count). The average molecular weight is 248 g/mol. The van der Waals surface area contributed by atoms with E-state index in [0.29, 0.717) is 5.82 Å². The number of nitrogens with two attached hydrogens (primary N) is 1. The third-order valence-electron chi connectivity index (χ3n) is 4.22. The fourth-order valence-corrected chi connectivity index (χ4v) is 2.73. The van der Waals surface area contributed by atoms with E-state index in [1.165, 1.54) is 38.4 Å². The molecule has 1 aromatic rings. The summed E-state index contributed by atoms with van der Waals surface area (Å²) in [7, 11) is 0. The monoisotopic (exact) mass is 248 g/mol. The number of hydrogen-bond acceptors (Lipinski definition) is 4. The summed E-state index contributed by atoms with van der Waals surface area (Å²) in [6, 6.07) is 0. The molecule has 0 saturated heterocycles. The van der Waals surface area contributed by atoms with Crippen LogP contribution in [0.25, 0.3) is 0 Å². The highest BCUT2D eigenvalue weighted by Crippen LogP contribution is 2.30. The lowest BCUT2D eigenvalue weighted by atomic mass is 9.81. The molecule has 0 unspecified atom stereocenters. The molecule has 3 N–H and O–H groups in total. The van der Waals surface area contributed by atoms with E-state index in [2.05, 4.69) is 22.2 Å². The highest BCUT2D eigenvalue weighted by atomic mass is 15.0. The van der Waals surface area contributed by atoms with Gasteiger partial charge in [0.15, 0.2) is 0 Å². The average Bonchev–Trinajstić information content (AvgIpc) is 2.41. The Bertz CT molecular complexity index is 383. The molecule has 0 bridgehead atoms. The number of anilines is 2. The lowest BCUT2D eigenvalue weighted by Gasteiger charge is -2.28. The zero-order valence-corrected chi connectivity index (χ0v) is 11.4. The Morgan fingerprint density at radius 2 is 1.89 bits per heavy atom. The smallest absolute Gasteiger partial charge is 0.134 e. The van der Waals surface area contributed by atoms with Gasteiger partial charge in [-0.25, -0.2) is 9.97 Å². The van der Waals surface area contributed by atoms with Crippen LogP contribution in [0.5, 0.6) is 0 Å². The van der Waals surface area contributed by atoms with E-state index < -0.39 is 0 Å².